The summed E-state index contributed by atoms with van der Waals surface area (Å²) < 4.78 is 5.43. The highest BCUT2D eigenvalue weighted by Gasteiger charge is 2.15. The molecule has 2 heterocycles. The molecule has 1 aliphatic rings. The average Bonchev–Trinajstić information content (AvgIpc) is 3.24. The van der Waals surface area contributed by atoms with E-state index in [0.717, 1.165) is 57.2 Å². The summed E-state index contributed by atoms with van der Waals surface area (Å²) in [6.07, 6.45) is 12.7. The summed E-state index contributed by atoms with van der Waals surface area (Å²) in [7, 11) is 0. The van der Waals surface area contributed by atoms with E-state index in [1.807, 2.05) is 6.19 Å². The Hall–Kier alpha value is -2.70. The SMILES string of the molecule is N#CNC(=NCCCCCCCC(=O)NOCC1CCCO1)Nc1ccncc1. The Morgan fingerprint density at radius 1 is 1.28 bits per heavy atom. The van der Waals surface area contributed by atoms with Crippen molar-refractivity contribution in [2.24, 2.45) is 4.99 Å². The molecule has 1 amide bonds. The number of hydrogen-bond acceptors (Lipinski definition) is 6. The molecule has 3 N–H and O–H groups in total. The fourth-order valence-electron chi connectivity index (χ4n) is 2.90. The first-order valence-electron chi connectivity index (χ1n) is 10.2. The first-order valence-corrected chi connectivity index (χ1v) is 10.2. The topological polar surface area (TPSA) is 121 Å². The number of hydrogen-bond donors (Lipinski definition) is 3. The normalized spacial score (nSPS) is 16.2. The second-order valence-corrected chi connectivity index (χ2v) is 6.82. The molecule has 1 aromatic heterocycles. The van der Waals surface area contributed by atoms with Gasteiger partial charge in [0.15, 0.2) is 6.19 Å². The number of nitrogens with one attached hydrogen (secondary N) is 3. The van der Waals surface area contributed by atoms with E-state index >= 15 is 0 Å². The number of ether oxygens (including phenoxy) is 1. The van der Waals surface area contributed by atoms with Crippen LogP contribution in [-0.2, 0) is 14.4 Å². The summed E-state index contributed by atoms with van der Waals surface area (Å²) >= 11 is 0. The highest BCUT2D eigenvalue weighted by molar-refractivity contribution is 5.94. The highest BCUT2D eigenvalue weighted by atomic mass is 16.7. The van der Waals surface area contributed by atoms with E-state index in [1.54, 1.807) is 24.5 Å². The van der Waals surface area contributed by atoms with Crippen LogP contribution in [0.4, 0.5) is 5.69 Å². The smallest absolute Gasteiger partial charge is 0.243 e. The van der Waals surface area contributed by atoms with Gasteiger partial charge in [-0.1, -0.05) is 19.3 Å². The fourth-order valence-corrected chi connectivity index (χ4v) is 2.90. The minimum Gasteiger partial charge on any atom is -0.376 e. The van der Waals surface area contributed by atoms with Crippen LogP contribution in [0.1, 0.15) is 51.4 Å². The fraction of sp³-hybridized carbons (Fsp3) is 0.600. The molecule has 9 heteroatoms. The van der Waals surface area contributed by atoms with Crippen LogP contribution in [0, 0.1) is 11.5 Å². The van der Waals surface area contributed by atoms with Crippen molar-refractivity contribution in [1.82, 2.24) is 15.8 Å². The molecule has 2 rings (SSSR count). The average molecular weight is 402 g/mol. The Kier molecular flexibility index (Phi) is 11.2. The molecule has 0 bridgehead atoms. The predicted octanol–water partition coefficient (Wildman–Crippen LogP) is 2.49. The summed E-state index contributed by atoms with van der Waals surface area (Å²) in [4.78, 5) is 25.2. The number of amides is 1. The van der Waals surface area contributed by atoms with Gasteiger partial charge in [0.05, 0.1) is 6.10 Å². The zero-order chi connectivity index (χ0) is 20.6. The molecule has 0 saturated carbocycles. The Labute approximate surface area is 171 Å². The van der Waals surface area contributed by atoms with Gasteiger partial charge in [-0.3, -0.25) is 24.9 Å². The zero-order valence-corrected chi connectivity index (χ0v) is 16.7. The van der Waals surface area contributed by atoms with Crippen molar-refractivity contribution >= 4 is 17.6 Å². The van der Waals surface area contributed by atoms with Crippen molar-refractivity contribution in [2.75, 3.05) is 25.1 Å². The van der Waals surface area contributed by atoms with Crippen LogP contribution in [0.15, 0.2) is 29.5 Å². The summed E-state index contributed by atoms with van der Waals surface area (Å²) in [5, 5.41) is 14.4. The molecule has 1 unspecified atom stereocenters. The maximum absolute atomic E-state index is 11.7. The van der Waals surface area contributed by atoms with E-state index in [1.165, 1.54) is 0 Å². The van der Waals surface area contributed by atoms with Gasteiger partial charge in [0.1, 0.15) is 6.61 Å². The molecule has 0 aliphatic carbocycles. The second-order valence-electron chi connectivity index (χ2n) is 6.82. The number of nitrogens with zero attached hydrogens (tertiary/aromatic N) is 3. The third-order valence-electron chi connectivity index (χ3n) is 4.43. The molecule has 29 heavy (non-hydrogen) atoms. The van der Waals surface area contributed by atoms with E-state index in [2.05, 4.69) is 26.1 Å². The van der Waals surface area contributed by atoms with Gasteiger partial charge in [-0.05, 0) is 37.8 Å². The largest absolute Gasteiger partial charge is 0.376 e. The van der Waals surface area contributed by atoms with Crippen molar-refractivity contribution in [2.45, 2.75) is 57.5 Å². The molecule has 9 nitrogen and oxygen atoms in total. The van der Waals surface area contributed by atoms with Crippen molar-refractivity contribution in [3.05, 3.63) is 24.5 Å². The first kappa shape index (κ1) is 22.6. The molecule has 1 aromatic rings. The van der Waals surface area contributed by atoms with Crippen LogP contribution in [0.2, 0.25) is 0 Å². The van der Waals surface area contributed by atoms with Crippen molar-refractivity contribution < 1.29 is 14.4 Å². The van der Waals surface area contributed by atoms with Gasteiger partial charge >= 0.3 is 0 Å². The van der Waals surface area contributed by atoms with Gasteiger partial charge < -0.3 is 10.1 Å². The number of anilines is 1. The molecular formula is C20H30N6O3. The lowest BCUT2D eigenvalue weighted by atomic mass is 10.1. The standard InChI is InChI=1S/C20H30N6O3/c21-16-24-20(25-17-9-12-22-13-10-17)23-11-5-3-1-2-4-8-19(27)26-29-15-18-7-6-14-28-18/h9-10,12-13,18H,1-8,11,14-15H2,(H,26,27)(H2,22,23,24,25). The molecule has 0 spiro atoms. The van der Waals surface area contributed by atoms with Gasteiger partial charge in [0.25, 0.3) is 0 Å². The molecule has 0 aromatic carbocycles. The lowest BCUT2D eigenvalue weighted by Crippen LogP contribution is -2.27. The number of pyridine rings is 1. The summed E-state index contributed by atoms with van der Waals surface area (Å²) in [5.41, 5.74) is 3.30. The molecule has 158 valence electrons. The molecular weight excluding hydrogens is 372 g/mol. The van der Waals surface area contributed by atoms with Crippen molar-refractivity contribution in [3.8, 4) is 6.19 Å². The van der Waals surface area contributed by atoms with Crippen LogP contribution < -0.4 is 16.1 Å². The van der Waals surface area contributed by atoms with Crippen LogP contribution in [0.3, 0.4) is 0 Å². The van der Waals surface area contributed by atoms with E-state index in [9.17, 15) is 4.79 Å². The van der Waals surface area contributed by atoms with E-state index in [0.29, 0.717) is 25.5 Å². The van der Waals surface area contributed by atoms with Gasteiger partial charge in [-0.15, -0.1) is 0 Å². The summed E-state index contributed by atoms with van der Waals surface area (Å²) in [6.45, 7) is 1.83. The number of aliphatic imine (C=N–C) groups is 1. The molecule has 1 saturated heterocycles. The van der Waals surface area contributed by atoms with Gasteiger partial charge in [-0.25, -0.2) is 5.48 Å². The number of rotatable bonds is 12. The Bertz CT molecular complexity index is 656. The summed E-state index contributed by atoms with van der Waals surface area (Å²) in [6, 6.07) is 3.61. The van der Waals surface area contributed by atoms with Gasteiger partial charge in [0.2, 0.25) is 11.9 Å². The second kappa shape index (κ2) is 14.3. The highest BCUT2D eigenvalue weighted by Crippen LogP contribution is 2.11. The maximum Gasteiger partial charge on any atom is 0.243 e. The lowest BCUT2D eigenvalue weighted by molar-refractivity contribution is -0.136. The van der Waals surface area contributed by atoms with E-state index in [4.69, 9.17) is 14.8 Å². The number of unbranched alkanes of at least 4 members (excludes halogenated alkanes) is 4. The van der Waals surface area contributed by atoms with Crippen LogP contribution in [0.5, 0.6) is 0 Å². The van der Waals surface area contributed by atoms with Crippen molar-refractivity contribution in [3.63, 3.8) is 0 Å². The third-order valence-corrected chi connectivity index (χ3v) is 4.43. The van der Waals surface area contributed by atoms with E-state index < -0.39 is 0 Å². The first-order chi connectivity index (χ1) is 14.3. The molecule has 0 radical (unpaired) electrons. The summed E-state index contributed by atoms with van der Waals surface area (Å²) in [5.74, 6) is 0.348. The number of aromatic nitrogens is 1. The van der Waals surface area contributed by atoms with Gasteiger partial charge in [0, 0.05) is 37.7 Å². The number of nitriles is 1. The quantitative estimate of drug-likeness (QED) is 0.123. The number of hydroxylamine groups is 1. The van der Waals surface area contributed by atoms with Crippen LogP contribution >= 0.6 is 0 Å². The zero-order valence-electron chi connectivity index (χ0n) is 16.7. The molecule has 1 fully saturated rings. The monoisotopic (exact) mass is 402 g/mol. The maximum atomic E-state index is 11.7. The number of carbonyl (C=O) groups excluding carboxylic acids is 1. The van der Waals surface area contributed by atoms with E-state index in [-0.39, 0.29) is 12.0 Å². The third kappa shape index (κ3) is 10.4. The Morgan fingerprint density at radius 2 is 2.07 bits per heavy atom. The van der Waals surface area contributed by atoms with Crippen LogP contribution in [-0.4, -0.2) is 42.7 Å². The lowest BCUT2D eigenvalue weighted by Gasteiger charge is -2.10. The van der Waals surface area contributed by atoms with Crippen LogP contribution in [0.25, 0.3) is 0 Å². The number of carbonyl (C=O) groups is 1. The van der Waals surface area contributed by atoms with Gasteiger partial charge in [-0.2, -0.15) is 5.26 Å². The minimum atomic E-state index is -0.0815. The number of guanidine groups is 1. The molecule has 1 atom stereocenters. The Morgan fingerprint density at radius 3 is 2.83 bits per heavy atom. The van der Waals surface area contributed by atoms with Crippen molar-refractivity contribution in [1.29, 1.82) is 5.26 Å². The Balaban J connectivity index is 1.47. The predicted molar refractivity (Wildman–Crippen MR) is 110 cm³/mol. The molecule has 1 aliphatic heterocycles. The minimum absolute atomic E-state index is 0.0815.